The topological polar surface area (TPSA) is 0 Å². The molecule has 0 N–H and O–H groups in total. The molecule has 1 fully saturated rings. The minimum atomic E-state index is 0.803. The number of hydrogen-bond acceptors (Lipinski definition) is 0. The second-order valence-electron chi connectivity index (χ2n) is 6.57. The minimum Gasteiger partial charge on any atom is -0.0654 e. The lowest BCUT2D eigenvalue weighted by atomic mass is 9.72. The van der Waals surface area contributed by atoms with E-state index in [1.807, 2.05) is 0 Å². The lowest BCUT2D eigenvalue weighted by Crippen LogP contribution is -2.22. The molecule has 0 heterocycles. The first kappa shape index (κ1) is 20.0. The monoisotopic (exact) mass is 280 g/mol. The maximum Gasteiger partial charge on any atom is -0.0386 e. The highest BCUT2D eigenvalue weighted by Crippen LogP contribution is 2.36. The fraction of sp³-hybridized carbons (Fsp3) is 0.900. The van der Waals surface area contributed by atoms with Gasteiger partial charge in [-0.2, -0.15) is 0 Å². The first-order valence-electron chi connectivity index (χ1n) is 9.38. The summed E-state index contributed by atoms with van der Waals surface area (Å²) < 4.78 is 0. The molecule has 2 unspecified atom stereocenters. The molecular formula is C20H40. The van der Waals surface area contributed by atoms with E-state index < -0.39 is 0 Å². The van der Waals surface area contributed by atoms with Crippen molar-refractivity contribution in [3.8, 4) is 0 Å². The van der Waals surface area contributed by atoms with Crippen LogP contribution in [0, 0.1) is 25.7 Å². The number of hydrogen-bond donors (Lipinski definition) is 0. The Morgan fingerprint density at radius 3 is 1.75 bits per heavy atom. The molecule has 20 heavy (non-hydrogen) atoms. The molecule has 0 nitrogen and oxygen atoms in total. The maximum atomic E-state index is 4.10. The Morgan fingerprint density at radius 1 is 0.750 bits per heavy atom. The molecular weight excluding hydrogens is 240 g/mol. The highest BCUT2D eigenvalue weighted by molar-refractivity contribution is 4.81. The summed E-state index contributed by atoms with van der Waals surface area (Å²) in [6.07, 6.45) is 19.4. The Balaban J connectivity index is 0.000000361. The molecule has 0 aromatic heterocycles. The quantitative estimate of drug-likeness (QED) is 0.346. The molecule has 0 heteroatoms. The molecule has 0 aromatic carbocycles. The van der Waals surface area contributed by atoms with Crippen molar-refractivity contribution >= 4 is 0 Å². The van der Waals surface area contributed by atoms with Crippen LogP contribution in [-0.4, -0.2) is 0 Å². The van der Waals surface area contributed by atoms with Crippen LogP contribution in [0.4, 0.5) is 0 Å². The Hall–Kier alpha value is 0. The predicted molar refractivity (Wildman–Crippen MR) is 93.7 cm³/mol. The van der Waals surface area contributed by atoms with Crippen molar-refractivity contribution in [1.29, 1.82) is 0 Å². The van der Waals surface area contributed by atoms with Gasteiger partial charge in [-0.3, -0.25) is 0 Å². The molecule has 0 amide bonds. The molecule has 120 valence electrons. The molecule has 0 saturated heterocycles. The Morgan fingerprint density at radius 2 is 1.30 bits per heavy atom. The summed E-state index contributed by atoms with van der Waals surface area (Å²) in [5.74, 6) is 1.79. The van der Waals surface area contributed by atoms with Gasteiger partial charge in [-0.1, -0.05) is 97.8 Å². The van der Waals surface area contributed by atoms with E-state index in [2.05, 4.69) is 27.7 Å². The smallest absolute Gasteiger partial charge is 0.0386 e. The fourth-order valence-corrected chi connectivity index (χ4v) is 2.81. The Bertz CT molecular complexity index is 165. The van der Waals surface area contributed by atoms with E-state index in [0.717, 1.165) is 18.3 Å². The van der Waals surface area contributed by atoms with Crippen LogP contribution >= 0.6 is 0 Å². The van der Waals surface area contributed by atoms with Gasteiger partial charge in [0.1, 0.15) is 0 Å². The van der Waals surface area contributed by atoms with E-state index >= 15 is 0 Å². The molecule has 1 saturated carbocycles. The zero-order chi connectivity index (χ0) is 15.1. The van der Waals surface area contributed by atoms with E-state index in [0.29, 0.717) is 0 Å². The molecule has 2 radical (unpaired) electrons. The Kier molecular flexibility index (Phi) is 15.4. The van der Waals surface area contributed by atoms with Crippen molar-refractivity contribution in [2.75, 3.05) is 0 Å². The summed E-state index contributed by atoms with van der Waals surface area (Å²) in [7, 11) is 0. The highest BCUT2D eigenvalue weighted by Gasteiger charge is 2.25. The van der Waals surface area contributed by atoms with Crippen molar-refractivity contribution in [3.63, 3.8) is 0 Å². The van der Waals surface area contributed by atoms with Gasteiger partial charge in [0.2, 0.25) is 0 Å². The van der Waals surface area contributed by atoms with Crippen LogP contribution in [0.5, 0.6) is 0 Å². The van der Waals surface area contributed by atoms with Crippen LogP contribution in [0.2, 0.25) is 0 Å². The highest BCUT2D eigenvalue weighted by atomic mass is 14.3. The lowest BCUT2D eigenvalue weighted by Gasteiger charge is -2.33. The molecule has 1 aliphatic rings. The summed E-state index contributed by atoms with van der Waals surface area (Å²) >= 11 is 0. The predicted octanol–water partition coefficient (Wildman–Crippen LogP) is 7.39. The fourth-order valence-electron chi connectivity index (χ4n) is 2.81. The van der Waals surface area contributed by atoms with Crippen LogP contribution in [0.15, 0.2) is 0 Å². The number of unbranched alkanes of at least 4 members (excludes halogenated alkanes) is 9. The van der Waals surface area contributed by atoms with Crippen molar-refractivity contribution in [1.82, 2.24) is 0 Å². The molecule has 1 aliphatic carbocycles. The van der Waals surface area contributed by atoms with Gasteiger partial charge < -0.3 is 0 Å². The lowest BCUT2D eigenvalue weighted by molar-refractivity contribution is 0.204. The standard InChI is InChI=1S/C10H19.C10H21/c1-3-4-5-6-10-8-7-9(10)2;1-3-5-7-9-10-8-6-4-2/h9-10H,2-8H2,1H3;1,3-10H2,2H3. The third-order valence-electron chi connectivity index (χ3n) is 4.61. The van der Waals surface area contributed by atoms with Gasteiger partial charge in [-0.05, 0) is 31.6 Å². The average Bonchev–Trinajstić information content (AvgIpc) is 2.46. The van der Waals surface area contributed by atoms with Crippen molar-refractivity contribution < 1.29 is 0 Å². The molecule has 0 spiro atoms. The average molecular weight is 281 g/mol. The van der Waals surface area contributed by atoms with Crippen LogP contribution in [0.1, 0.15) is 104 Å². The first-order valence-corrected chi connectivity index (χ1v) is 9.38. The van der Waals surface area contributed by atoms with E-state index in [4.69, 9.17) is 0 Å². The van der Waals surface area contributed by atoms with Crippen LogP contribution < -0.4 is 0 Å². The van der Waals surface area contributed by atoms with Crippen LogP contribution in [-0.2, 0) is 0 Å². The molecule has 2 atom stereocenters. The van der Waals surface area contributed by atoms with Crippen LogP contribution in [0.25, 0.3) is 0 Å². The normalized spacial score (nSPS) is 21.0. The zero-order valence-electron chi connectivity index (χ0n) is 14.5. The molecule has 0 bridgehead atoms. The third-order valence-corrected chi connectivity index (χ3v) is 4.61. The van der Waals surface area contributed by atoms with Gasteiger partial charge in [0.25, 0.3) is 0 Å². The third kappa shape index (κ3) is 11.8. The second kappa shape index (κ2) is 15.4. The van der Waals surface area contributed by atoms with E-state index in [9.17, 15) is 0 Å². The van der Waals surface area contributed by atoms with E-state index in [1.54, 1.807) is 0 Å². The zero-order valence-corrected chi connectivity index (χ0v) is 14.5. The van der Waals surface area contributed by atoms with E-state index in [1.165, 1.54) is 83.5 Å². The van der Waals surface area contributed by atoms with Crippen molar-refractivity contribution in [3.05, 3.63) is 13.8 Å². The number of rotatable bonds is 11. The van der Waals surface area contributed by atoms with Gasteiger partial charge in [0.15, 0.2) is 0 Å². The summed E-state index contributed by atoms with van der Waals surface area (Å²) in [6.45, 7) is 12.4. The van der Waals surface area contributed by atoms with Gasteiger partial charge in [-0.25, -0.2) is 0 Å². The van der Waals surface area contributed by atoms with Crippen LogP contribution in [0.3, 0.4) is 0 Å². The van der Waals surface area contributed by atoms with Gasteiger partial charge in [0, 0.05) is 0 Å². The summed E-state index contributed by atoms with van der Waals surface area (Å²) in [5, 5.41) is 0. The summed E-state index contributed by atoms with van der Waals surface area (Å²) in [5.41, 5.74) is 0. The molecule has 1 rings (SSSR count). The minimum absolute atomic E-state index is 0.803. The van der Waals surface area contributed by atoms with Gasteiger partial charge in [0.05, 0.1) is 0 Å². The first-order chi connectivity index (χ1) is 9.76. The SMILES string of the molecule is [CH2]C1CCC1CCCCC.[CH2]CCCCCCCCC. The summed E-state index contributed by atoms with van der Waals surface area (Å²) in [4.78, 5) is 0. The Labute approximate surface area is 130 Å². The molecule has 0 aromatic rings. The van der Waals surface area contributed by atoms with Crippen molar-refractivity contribution in [2.24, 2.45) is 11.8 Å². The largest absolute Gasteiger partial charge is 0.0654 e. The summed E-state index contributed by atoms with van der Waals surface area (Å²) in [6, 6.07) is 0. The van der Waals surface area contributed by atoms with Crippen molar-refractivity contribution in [2.45, 2.75) is 104 Å². The molecule has 0 aliphatic heterocycles. The van der Waals surface area contributed by atoms with Gasteiger partial charge in [-0.15, -0.1) is 0 Å². The van der Waals surface area contributed by atoms with Gasteiger partial charge >= 0.3 is 0 Å². The maximum absolute atomic E-state index is 4.10. The van der Waals surface area contributed by atoms with E-state index in [-0.39, 0.29) is 0 Å². The second-order valence-corrected chi connectivity index (χ2v) is 6.57.